The molecular weight excluding hydrogens is 283 g/mol. The fourth-order valence-electron chi connectivity index (χ4n) is 2.29. The van der Waals surface area contributed by atoms with E-state index in [1.54, 1.807) is 24.3 Å². The van der Waals surface area contributed by atoms with Crippen LogP contribution in [-0.2, 0) is 6.42 Å². The van der Waals surface area contributed by atoms with Crippen LogP contribution in [0.3, 0.4) is 0 Å². The molecule has 2 aromatic rings. The van der Waals surface area contributed by atoms with E-state index in [1.807, 2.05) is 0 Å². The molecule has 0 saturated heterocycles. The van der Waals surface area contributed by atoms with E-state index in [0.29, 0.717) is 30.6 Å². The SMILES string of the molecule is C=CCCc1cc2ccc(OCCCCC)c(F)c2c(=O)o1. The molecule has 0 aliphatic carbocycles. The van der Waals surface area contributed by atoms with Crippen molar-refractivity contribution in [1.29, 1.82) is 0 Å². The zero-order chi connectivity index (χ0) is 15.9. The number of allylic oxidation sites excluding steroid dienone is 1. The van der Waals surface area contributed by atoms with Crippen molar-refractivity contribution in [1.82, 2.24) is 0 Å². The Hall–Kier alpha value is -2.10. The second-order valence-electron chi connectivity index (χ2n) is 5.22. The molecular formula is C18H21FO3. The lowest BCUT2D eigenvalue weighted by molar-refractivity contribution is 0.292. The summed E-state index contributed by atoms with van der Waals surface area (Å²) in [5.41, 5.74) is -0.659. The molecule has 0 aliphatic rings. The van der Waals surface area contributed by atoms with Crippen LogP contribution in [-0.4, -0.2) is 6.61 Å². The van der Waals surface area contributed by atoms with E-state index < -0.39 is 11.4 Å². The van der Waals surface area contributed by atoms with Gasteiger partial charge in [0.15, 0.2) is 11.6 Å². The van der Waals surface area contributed by atoms with Gasteiger partial charge in [0.1, 0.15) is 11.1 Å². The van der Waals surface area contributed by atoms with Crippen molar-refractivity contribution in [3.8, 4) is 5.75 Å². The van der Waals surface area contributed by atoms with Gasteiger partial charge >= 0.3 is 5.63 Å². The van der Waals surface area contributed by atoms with Crippen LogP contribution in [0.2, 0.25) is 0 Å². The molecule has 0 bridgehead atoms. The van der Waals surface area contributed by atoms with Gasteiger partial charge in [0.25, 0.3) is 0 Å². The molecule has 22 heavy (non-hydrogen) atoms. The Morgan fingerprint density at radius 3 is 2.91 bits per heavy atom. The molecule has 0 N–H and O–H groups in total. The smallest absolute Gasteiger partial charge is 0.346 e. The molecule has 1 aromatic heterocycles. The molecule has 0 radical (unpaired) electrons. The van der Waals surface area contributed by atoms with Crippen LogP contribution in [0, 0.1) is 5.82 Å². The molecule has 0 aliphatic heterocycles. The Labute approximate surface area is 129 Å². The Morgan fingerprint density at radius 2 is 2.18 bits per heavy atom. The second-order valence-corrected chi connectivity index (χ2v) is 5.22. The molecule has 2 rings (SSSR count). The number of aryl methyl sites for hydroxylation is 1. The van der Waals surface area contributed by atoms with Crippen molar-refractivity contribution in [3.63, 3.8) is 0 Å². The summed E-state index contributed by atoms with van der Waals surface area (Å²) in [5.74, 6) is 0.00109. The first-order valence-corrected chi connectivity index (χ1v) is 7.66. The lowest BCUT2D eigenvalue weighted by Crippen LogP contribution is -2.07. The Balaban J connectivity index is 2.29. The summed E-state index contributed by atoms with van der Waals surface area (Å²) in [6.45, 7) is 6.16. The average molecular weight is 304 g/mol. The fourth-order valence-corrected chi connectivity index (χ4v) is 2.29. The van der Waals surface area contributed by atoms with Gasteiger partial charge in [-0.1, -0.05) is 31.9 Å². The summed E-state index contributed by atoms with van der Waals surface area (Å²) in [4.78, 5) is 12.0. The maximum absolute atomic E-state index is 14.4. The quantitative estimate of drug-likeness (QED) is 0.527. The highest BCUT2D eigenvalue weighted by Crippen LogP contribution is 2.25. The van der Waals surface area contributed by atoms with Crippen molar-refractivity contribution in [2.45, 2.75) is 39.0 Å². The van der Waals surface area contributed by atoms with Crippen molar-refractivity contribution in [3.05, 3.63) is 52.9 Å². The zero-order valence-electron chi connectivity index (χ0n) is 12.9. The summed E-state index contributed by atoms with van der Waals surface area (Å²) in [6.07, 6.45) is 5.99. The number of ether oxygens (including phenoxy) is 1. The first kappa shape index (κ1) is 16.3. The fraction of sp³-hybridized carbons (Fsp3) is 0.389. The number of benzene rings is 1. The zero-order valence-corrected chi connectivity index (χ0v) is 12.9. The molecule has 4 heteroatoms. The molecule has 0 amide bonds. The highest BCUT2D eigenvalue weighted by atomic mass is 19.1. The molecule has 1 heterocycles. The van der Waals surface area contributed by atoms with Crippen molar-refractivity contribution in [2.24, 2.45) is 0 Å². The van der Waals surface area contributed by atoms with Gasteiger partial charge in [-0.15, -0.1) is 6.58 Å². The van der Waals surface area contributed by atoms with Gasteiger partial charge < -0.3 is 9.15 Å². The number of fused-ring (bicyclic) bond motifs is 1. The number of hydrogen-bond acceptors (Lipinski definition) is 3. The van der Waals surface area contributed by atoms with Crippen LogP contribution in [0.1, 0.15) is 38.4 Å². The molecule has 0 unspecified atom stereocenters. The molecule has 0 atom stereocenters. The van der Waals surface area contributed by atoms with Gasteiger partial charge in [0, 0.05) is 6.42 Å². The van der Waals surface area contributed by atoms with Crippen LogP contribution < -0.4 is 10.4 Å². The van der Waals surface area contributed by atoms with Gasteiger partial charge in [0.05, 0.1) is 6.61 Å². The van der Waals surface area contributed by atoms with E-state index in [0.717, 1.165) is 19.3 Å². The number of rotatable bonds is 8. The van der Waals surface area contributed by atoms with Gasteiger partial charge in [-0.3, -0.25) is 0 Å². The maximum atomic E-state index is 14.4. The third-order valence-corrected chi connectivity index (χ3v) is 3.48. The monoisotopic (exact) mass is 304 g/mol. The van der Waals surface area contributed by atoms with Gasteiger partial charge in [-0.2, -0.15) is 0 Å². The first-order chi connectivity index (χ1) is 10.7. The first-order valence-electron chi connectivity index (χ1n) is 7.66. The largest absolute Gasteiger partial charge is 0.490 e. The van der Waals surface area contributed by atoms with Gasteiger partial charge in [-0.25, -0.2) is 9.18 Å². The van der Waals surface area contributed by atoms with Crippen LogP contribution in [0.15, 0.2) is 40.1 Å². The van der Waals surface area contributed by atoms with E-state index in [9.17, 15) is 9.18 Å². The van der Waals surface area contributed by atoms with Crippen molar-refractivity contribution in [2.75, 3.05) is 6.61 Å². The van der Waals surface area contributed by atoms with Gasteiger partial charge in [0.2, 0.25) is 0 Å². The lowest BCUT2D eigenvalue weighted by atomic mass is 10.1. The molecule has 1 aromatic carbocycles. The maximum Gasteiger partial charge on any atom is 0.346 e. The highest BCUT2D eigenvalue weighted by molar-refractivity contribution is 5.83. The molecule has 0 saturated carbocycles. The Bertz CT molecular complexity index is 703. The Morgan fingerprint density at radius 1 is 1.36 bits per heavy atom. The van der Waals surface area contributed by atoms with Crippen LogP contribution >= 0.6 is 0 Å². The molecule has 0 fully saturated rings. The predicted octanol–water partition coefficient (Wildman–Crippen LogP) is 4.62. The third kappa shape index (κ3) is 3.75. The highest BCUT2D eigenvalue weighted by Gasteiger charge is 2.14. The normalized spacial score (nSPS) is 10.8. The summed E-state index contributed by atoms with van der Waals surface area (Å²) in [5, 5.41) is 0.490. The van der Waals surface area contributed by atoms with Crippen LogP contribution in [0.25, 0.3) is 10.8 Å². The second kappa shape index (κ2) is 7.78. The van der Waals surface area contributed by atoms with E-state index in [1.165, 1.54) is 0 Å². The van der Waals surface area contributed by atoms with Crippen LogP contribution in [0.5, 0.6) is 5.75 Å². The minimum atomic E-state index is -0.659. The number of halogens is 1. The minimum absolute atomic E-state index is 0.0460. The van der Waals surface area contributed by atoms with E-state index in [2.05, 4.69) is 13.5 Å². The van der Waals surface area contributed by atoms with E-state index in [4.69, 9.17) is 9.15 Å². The third-order valence-electron chi connectivity index (χ3n) is 3.48. The summed E-state index contributed by atoms with van der Waals surface area (Å²) in [7, 11) is 0. The summed E-state index contributed by atoms with van der Waals surface area (Å²) >= 11 is 0. The average Bonchev–Trinajstić information content (AvgIpc) is 2.51. The topological polar surface area (TPSA) is 39.4 Å². The van der Waals surface area contributed by atoms with Crippen molar-refractivity contribution >= 4 is 10.8 Å². The standard InChI is InChI=1S/C18H21FO3/c1-3-5-7-11-21-15-10-9-13-12-14(8-6-4-2)22-18(20)16(13)17(15)19/h4,9-10,12H,2-3,5-8,11H2,1H3. The minimum Gasteiger partial charge on any atom is -0.490 e. The van der Waals surface area contributed by atoms with Crippen LogP contribution in [0.4, 0.5) is 4.39 Å². The molecule has 0 spiro atoms. The van der Waals surface area contributed by atoms with E-state index >= 15 is 0 Å². The van der Waals surface area contributed by atoms with Gasteiger partial charge in [-0.05, 0) is 30.4 Å². The lowest BCUT2D eigenvalue weighted by Gasteiger charge is -2.09. The molecule has 118 valence electrons. The number of hydrogen-bond donors (Lipinski definition) is 0. The van der Waals surface area contributed by atoms with E-state index in [-0.39, 0.29) is 11.1 Å². The Kier molecular flexibility index (Phi) is 5.75. The number of unbranched alkanes of at least 4 members (excludes halogenated alkanes) is 2. The summed E-state index contributed by atoms with van der Waals surface area (Å²) < 4.78 is 25.0. The molecule has 3 nitrogen and oxygen atoms in total. The van der Waals surface area contributed by atoms with Crippen molar-refractivity contribution < 1.29 is 13.5 Å². The predicted molar refractivity (Wildman–Crippen MR) is 86.0 cm³/mol. The summed E-state index contributed by atoms with van der Waals surface area (Å²) in [6, 6.07) is 4.96.